The van der Waals surface area contributed by atoms with Gasteiger partial charge in [-0.05, 0) is 31.2 Å². The molecule has 6 heteroatoms. The molecule has 0 fully saturated rings. The Balaban J connectivity index is 2.37. The molecule has 4 nitrogen and oxygen atoms in total. The molecule has 2 aromatic rings. The Morgan fingerprint density at radius 1 is 1.14 bits per heavy atom. The standard InChI is InChI=1S/C16H15Cl2NO3/c1-3-22-13-7-5-4-6-12(13)19-16(20)14-10(17)8-9-11(18)15(14)21-2/h4-9H,3H2,1-2H3,(H,19,20). The lowest BCUT2D eigenvalue weighted by atomic mass is 10.1. The molecule has 116 valence electrons. The molecule has 0 saturated heterocycles. The van der Waals surface area contributed by atoms with Crippen molar-refractivity contribution in [2.75, 3.05) is 19.0 Å². The Labute approximate surface area is 138 Å². The number of benzene rings is 2. The fourth-order valence-corrected chi connectivity index (χ4v) is 2.45. The van der Waals surface area contributed by atoms with Crippen LogP contribution >= 0.6 is 23.2 Å². The summed E-state index contributed by atoms with van der Waals surface area (Å²) in [6.45, 7) is 2.36. The Kier molecular flexibility index (Phi) is 5.52. The van der Waals surface area contributed by atoms with Crippen LogP contribution in [0.1, 0.15) is 17.3 Å². The maximum Gasteiger partial charge on any atom is 0.261 e. The van der Waals surface area contributed by atoms with Crippen LogP contribution in [0.2, 0.25) is 10.0 Å². The number of nitrogens with one attached hydrogen (secondary N) is 1. The van der Waals surface area contributed by atoms with Crippen LogP contribution in [0.25, 0.3) is 0 Å². The van der Waals surface area contributed by atoms with Gasteiger partial charge < -0.3 is 14.8 Å². The monoisotopic (exact) mass is 339 g/mol. The molecule has 0 aliphatic rings. The first-order valence-electron chi connectivity index (χ1n) is 6.63. The fraction of sp³-hybridized carbons (Fsp3) is 0.188. The highest BCUT2D eigenvalue weighted by molar-refractivity contribution is 6.37. The predicted molar refractivity (Wildman–Crippen MR) is 88.6 cm³/mol. The third-order valence-electron chi connectivity index (χ3n) is 2.93. The predicted octanol–water partition coefficient (Wildman–Crippen LogP) is 4.65. The van der Waals surface area contributed by atoms with E-state index >= 15 is 0 Å². The molecule has 1 amide bonds. The number of carbonyl (C=O) groups excluding carboxylic acids is 1. The van der Waals surface area contributed by atoms with E-state index in [-0.39, 0.29) is 16.3 Å². The van der Waals surface area contributed by atoms with Crippen LogP contribution in [0.5, 0.6) is 11.5 Å². The molecule has 0 spiro atoms. The van der Waals surface area contributed by atoms with Crippen molar-refractivity contribution >= 4 is 34.8 Å². The van der Waals surface area contributed by atoms with Gasteiger partial charge in [-0.2, -0.15) is 0 Å². The van der Waals surface area contributed by atoms with Crippen molar-refractivity contribution in [1.82, 2.24) is 0 Å². The number of amides is 1. The van der Waals surface area contributed by atoms with E-state index in [9.17, 15) is 4.79 Å². The molecule has 0 radical (unpaired) electrons. The SMILES string of the molecule is CCOc1ccccc1NC(=O)c1c(Cl)ccc(Cl)c1OC. The van der Waals surface area contributed by atoms with Crippen molar-refractivity contribution in [1.29, 1.82) is 0 Å². The number of halogens is 2. The first kappa shape index (κ1) is 16.5. The van der Waals surface area contributed by atoms with Gasteiger partial charge in [0.15, 0.2) is 5.75 Å². The summed E-state index contributed by atoms with van der Waals surface area (Å²) < 4.78 is 10.7. The lowest BCUT2D eigenvalue weighted by Crippen LogP contribution is -2.15. The highest BCUT2D eigenvalue weighted by Gasteiger charge is 2.20. The zero-order valence-electron chi connectivity index (χ0n) is 12.2. The zero-order valence-corrected chi connectivity index (χ0v) is 13.7. The van der Waals surface area contributed by atoms with E-state index in [1.807, 2.05) is 13.0 Å². The van der Waals surface area contributed by atoms with Gasteiger partial charge in [0.25, 0.3) is 5.91 Å². The molecule has 0 aliphatic carbocycles. The van der Waals surface area contributed by atoms with Gasteiger partial charge in [0.05, 0.1) is 29.4 Å². The molecule has 0 unspecified atom stereocenters. The van der Waals surface area contributed by atoms with Crippen LogP contribution in [0.4, 0.5) is 5.69 Å². The summed E-state index contributed by atoms with van der Waals surface area (Å²) in [4.78, 5) is 12.5. The smallest absolute Gasteiger partial charge is 0.261 e. The summed E-state index contributed by atoms with van der Waals surface area (Å²) in [5.41, 5.74) is 0.732. The van der Waals surface area contributed by atoms with Crippen LogP contribution in [0.3, 0.4) is 0 Å². The van der Waals surface area contributed by atoms with Crippen LogP contribution in [0, 0.1) is 0 Å². The Morgan fingerprint density at radius 3 is 2.50 bits per heavy atom. The number of rotatable bonds is 5. The number of ether oxygens (including phenoxy) is 2. The van der Waals surface area contributed by atoms with Crippen LogP contribution in [-0.2, 0) is 0 Å². The quantitative estimate of drug-likeness (QED) is 0.862. The molecule has 1 N–H and O–H groups in total. The van der Waals surface area contributed by atoms with Crippen molar-refractivity contribution in [2.45, 2.75) is 6.92 Å². The van der Waals surface area contributed by atoms with Crippen LogP contribution in [0.15, 0.2) is 36.4 Å². The van der Waals surface area contributed by atoms with Gasteiger partial charge in [-0.25, -0.2) is 0 Å². The van der Waals surface area contributed by atoms with Gasteiger partial charge >= 0.3 is 0 Å². The molecule has 22 heavy (non-hydrogen) atoms. The Morgan fingerprint density at radius 2 is 1.82 bits per heavy atom. The van der Waals surface area contributed by atoms with Crippen molar-refractivity contribution in [3.63, 3.8) is 0 Å². The largest absolute Gasteiger partial charge is 0.494 e. The highest BCUT2D eigenvalue weighted by atomic mass is 35.5. The molecular weight excluding hydrogens is 325 g/mol. The second kappa shape index (κ2) is 7.38. The molecule has 2 aromatic carbocycles. The maximum atomic E-state index is 12.5. The van der Waals surface area contributed by atoms with E-state index in [1.54, 1.807) is 30.3 Å². The minimum atomic E-state index is -0.420. The summed E-state index contributed by atoms with van der Waals surface area (Å²) in [5, 5.41) is 3.34. The molecule has 0 saturated carbocycles. The topological polar surface area (TPSA) is 47.6 Å². The molecule has 0 aliphatic heterocycles. The zero-order chi connectivity index (χ0) is 16.1. The van der Waals surface area contributed by atoms with Crippen LogP contribution in [-0.4, -0.2) is 19.6 Å². The molecule has 0 bridgehead atoms. The second-order valence-corrected chi connectivity index (χ2v) is 5.14. The number of carbonyl (C=O) groups is 1. The number of para-hydroxylation sites is 2. The molecular formula is C16H15Cl2NO3. The van der Waals surface area contributed by atoms with Crippen molar-refractivity contribution in [2.24, 2.45) is 0 Å². The van der Waals surface area contributed by atoms with Gasteiger partial charge in [-0.3, -0.25) is 4.79 Å². The van der Waals surface area contributed by atoms with E-state index in [2.05, 4.69) is 5.32 Å². The Hall–Kier alpha value is -1.91. The third-order valence-corrected chi connectivity index (χ3v) is 3.54. The van der Waals surface area contributed by atoms with E-state index in [4.69, 9.17) is 32.7 Å². The van der Waals surface area contributed by atoms with Gasteiger partial charge in [-0.15, -0.1) is 0 Å². The number of anilines is 1. The molecule has 0 aromatic heterocycles. The van der Waals surface area contributed by atoms with Gasteiger partial charge in [0, 0.05) is 0 Å². The number of hydrogen-bond acceptors (Lipinski definition) is 3. The normalized spacial score (nSPS) is 10.2. The number of hydrogen-bond donors (Lipinski definition) is 1. The third kappa shape index (κ3) is 3.46. The summed E-state index contributed by atoms with van der Waals surface area (Å²) >= 11 is 12.2. The van der Waals surface area contributed by atoms with Gasteiger partial charge in [0.1, 0.15) is 11.3 Å². The molecule has 0 heterocycles. The van der Waals surface area contributed by atoms with Crippen molar-refractivity contribution in [3.05, 3.63) is 52.0 Å². The van der Waals surface area contributed by atoms with Crippen molar-refractivity contribution < 1.29 is 14.3 Å². The van der Waals surface area contributed by atoms with E-state index < -0.39 is 5.91 Å². The van der Waals surface area contributed by atoms with Crippen LogP contribution < -0.4 is 14.8 Å². The van der Waals surface area contributed by atoms with E-state index in [1.165, 1.54) is 7.11 Å². The number of methoxy groups -OCH3 is 1. The highest BCUT2D eigenvalue weighted by Crippen LogP contribution is 2.35. The summed E-state index contributed by atoms with van der Waals surface area (Å²) in [7, 11) is 1.43. The minimum absolute atomic E-state index is 0.183. The van der Waals surface area contributed by atoms with Gasteiger partial charge in [0.2, 0.25) is 0 Å². The fourth-order valence-electron chi connectivity index (χ4n) is 1.98. The first-order chi connectivity index (χ1) is 10.6. The average molecular weight is 340 g/mol. The lowest BCUT2D eigenvalue weighted by Gasteiger charge is -2.14. The Bertz CT molecular complexity index is 689. The lowest BCUT2D eigenvalue weighted by molar-refractivity contribution is 0.102. The van der Waals surface area contributed by atoms with E-state index in [0.717, 1.165) is 0 Å². The second-order valence-electron chi connectivity index (χ2n) is 4.32. The summed E-state index contributed by atoms with van der Waals surface area (Å²) in [6, 6.07) is 10.3. The molecule has 0 atom stereocenters. The maximum absolute atomic E-state index is 12.5. The van der Waals surface area contributed by atoms with Crippen molar-refractivity contribution in [3.8, 4) is 11.5 Å². The first-order valence-corrected chi connectivity index (χ1v) is 7.39. The van der Waals surface area contributed by atoms with Gasteiger partial charge in [-0.1, -0.05) is 35.3 Å². The minimum Gasteiger partial charge on any atom is -0.494 e. The summed E-state index contributed by atoms with van der Waals surface area (Å²) in [6.07, 6.45) is 0. The summed E-state index contributed by atoms with van der Waals surface area (Å²) in [5.74, 6) is 0.396. The van der Waals surface area contributed by atoms with E-state index in [0.29, 0.717) is 23.1 Å². The average Bonchev–Trinajstić information content (AvgIpc) is 2.51. The molecule has 2 rings (SSSR count).